The Bertz CT molecular complexity index is 631. The molecule has 0 bridgehead atoms. The SMILES string of the molecule is C[Si](C)(C)OCCCC1C(C2=CCC=C2)=Cc2ccccc21. The third-order valence-corrected chi connectivity index (χ3v) is 5.40. The number of hydrogen-bond acceptors (Lipinski definition) is 1. The predicted octanol–water partition coefficient (Wildman–Crippen LogP) is 5.69. The Morgan fingerprint density at radius 1 is 1.18 bits per heavy atom. The molecule has 0 aromatic heterocycles. The van der Waals surface area contributed by atoms with E-state index < -0.39 is 8.32 Å². The maximum Gasteiger partial charge on any atom is 0.183 e. The van der Waals surface area contributed by atoms with E-state index in [1.54, 1.807) is 0 Å². The van der Waals surface area contributed by atoms with E-state index >= 15 is 0 Å². The fourth-order valence-electron chi connectivity index (χ4n) is 3.33. The summed E-state index contributed by atoms with van der Waals surface area (Å²) in [6.07, 6.45) is 12.7. The highest BCUT2D eigenvalue weighted by molar-refractivity contribution is 6.69. The molecule has 0 saturated carbocycles. The Hall–Kier alpha value is -1.38. The lowest BCUT2D eigenvalue weighted by Gasteiger charge is -2.20. The molecule has 2 aliphatic rings. The van der Waals surface area contributed by atoms with Crippen LogP contribution in [-0.2, 0) is 4.43 Å². The van der Waals surface area contributed by atoms with Crippen molar-refractivity contribution in [3.05, 3.63) is 64.8 Å². The molecular formula is C20H26OSi. The van der Waals surface area contributed by atoms with E-state index in [9.17, 15) is 0 Å². The lowest BCUT2D eigenvalue weighted by Crippen LogP contribution is -2.25. The first-order valence-electron chi connectivity index (χ1n) is 8.36. The van der Waals surface area contributed by atoms with Crippen molar-refractivity contribution in [2.24, 2.45) is 0 Å². The number of benzene rings is 1. The molecule has 0 spiro atoms. The molecule has 2 aliphatic carbocycles. The van der Waals surface area contributed by atoms with Crippen molar-refractivity contribution in [2.45, 2.75) is 44.8 Å². The molecule has 1 atom stereocenters. The van der Waals surface area contributed by atoms with Crippen LogP contribution < -0.4 is 0 Å². The summed E-state index contributed by atoms with van der Waals surface area (Å²) in [5.41, 5.74) is 5.82. The quantitative estimate of drug-likeness (QED) is 0.485. The number of allylic oxidation sites excluding steroid dienone is 5. The zero-order chi connectivity index (χ0) is 15.6. The summed E-state index contributed by atoms with van der Waals surface area (Å²) in [6, 6.07) is 8.85. The van der Waals surface area contributed by atoms with Crippen molar-refractivity contribution >= 4 is 14.4 Å². The van der Waals surface area contributed by atoms with Gasteiger partial charge in [0, 0.05) is 12.5 Å². The summed E-state index contributed by atoms with van der Waals surface area (Å²) in [7, 11) is -1.39. The lowest BCUT2D eigenvalue weighted by atomic mass is 9.88. The highest BCUT2D eigenvalue weighted by atomic mass is 28.4. The molecule has 116 valence electrons. The van der Waals surface area contributed by atoms with Gasteiger partial charge in [0.2, 0.25) is 0 Å². The summed E-state index contributed by atoms with van der Waals surface area (Å²) in [4.78, 5) is 0. The second-order valence-corrected chi connectivity index (χ2v) is 11.7. The van der Waals surface area contributed by atoms with Gasteiger partial charge in [-0.05, 0) is 61.2 Å². The van der Waals surface area contributed by atoms with E-state index in [1.165, 1.54) is 28.7 Å². The molecule has 0 aliphatic heterocycles. The summed E-state index contributed by atoms with van der Waals surface area (Å²) >= 11 is 0. The number of hydrogen-bond donors (Lipinski definition) is 0. The molecule has 2 heteroatoms. The maximum atomic E-state index is 6.03. The Morgan fingerprint density at radius 2 is 2.00 bits per heavy atom. The van der Waals surface area contributed by atoms with Crippen molar-refractivity contribution in [3.63, 3.8) is 0 Å². The van der Waals surface area contributed by atoms with Crippen LogP contribution in [0.4, 0.5) is 0 Å². The Morgan fingerprint density at radius 3 is 2.73 bits per heavy atom. The first-order valence-corrected chi connectivity index (χ1v) is 11.8. The standard InChI is InChI=1S/C20H26OSi/c1-22(2,3)21-14-8-13-19-18-12-7-6-11-17(18)15-20(19)16-9-4-5-10-16/h4,6-7,9-12,15,19H,5,8,13-14H2,1-3H3. The van der Waals surface area contributed by atoms with E-state index in [0.29, 0.717) is 5.92 Å². The average Bonchev–Trinajstić information content (AvgIpc) is 3.10. The van der Waals surface area contributed by atoms with Gasteiger partial charge in [0.25, 0.3) is 0 Å². The Kier molecular flexibility index (Phi) is 4.51. The molecule has 1 unspecified atom stereocenters. The van der Waals surface area contributed by atoms with E-state index in [2.05, 4.69) is 68.2 Å². The summed E-state index contributed by atoms with van der Waals surface area (Å²) in [5, 5.41) is 0. The van der Waals surface area contributed by atoms with Crippen LogP contribution in [0.25, 0.3) is 6.08 Å². The minimum atomic E-state index is -1.39. The van der Waals surface area contributed by atoms with Gasteiger partial charge in [-0.3, -0.25) is 0 Å². The zero-order valence-electron chi connectivity index (χ0n) is 13.9. The van der Waals surface area contributed by atoms with Gasteiger partial charge in [-0.1, -0.05) is 48.6 Å². The van der Waals surface area contributed by atoms with Gasteiger partial charge in [0.15, 0.2) is 8.32 Å². The van der Waals surface area contributed by atoms with Crippen LogP contribution in [0.15, 0.2) is 53.6 Å². The van der Waals surface area contributed by atoms with E-state index in [4.69, 9.17) is 4.43 Å². The third-order valence-electron chi connectivity index (χ3n) is 4.33. The van der Waals surface area contributed by atoms with Gasteiger partial charge in [0.05, 0.1) is 0 Å². The maximum absolute atomic E-state index is 6.03. The van der Waals surface area contributed by atoms with Crippen molar-refractivity contribution in [3.8, 4) is 0 Å². The van der Waals surface area contributed by atoms with E-state index in [-0.39, 0.29) is 0 Å². The van der Waals surface area contributed by atoms with Crippen LogP contribution in [0.3, 0.4) is 0 Å². The van der Waals surface area contributed by atoms with Crippen LogP contribution >= 0.6 is 0 Å². The second kappa shape index (κ2) is 6.39. The van der Waals surface area contributed by atoms with Crippen molar-refractivity contribution in [2.75, 3.05) is 6.61 Å². The zero-order valence-corrected chi connectivity index (χ0v) is 14.9. The highest BCUT2D eigenvalue weighted by Gasteiger charge is 2.26. The van der Waals surface area contributed by atoms with Crippen LogP contribution in [0.5, 0.6) is 0 Å². The molecular weight excluding hydrogens is 284 g/mol. The molecule has 0 saturated heterocycles. The minimum absolute atomic E-state index is 0.537. The van der Waals surface area contributed by atoms with E-state index in [0.717, 1.165) is 19.4 Å². The first kappa shape index (κ1) is 15.5. The van der Waals surface area contributed by atoms with Crippen LogP contribution in [0.2, 0.25) is 19.6 Å². The van der Waals surface area contributed by atoms with Crippen molar-refractivity contribution in [1.82, 2.24) is 0 Å². The van der Waals surface area contributed by atoms with Gasteiger partial charge in [-0.25, -0.2) is 0 Å². The topological polar surface area (TPSA) is 9.23 Å². The van der Waals surface area contributed by atoms with Crippen molar-refractivity contribution in [1.29, 1.82) is 0 Å². The molecule has 1 nitrogen and oxygen atoms in total. The first-order chi connectivity index (χ1) is 10.5. The molecule has 0 amide bonds. The van der Waals surface area contributed by atoms with E-state index in [1.807, 2.05) is 0 Å². The Balaban J connectivity index is 1.72. The number of rotatable bonds is 6. The molecule has 3 rings (SSSR count). The summed E-state index contributed by atoms with van der Waals surface area (Å²) in [5.74, 6) is 0.537. The molecule has 0 fully saturated rings. The van der Waals surface area contributed by atoms with Crippen LogP contribution in [0.1, 0.15) is 36.3 Å². The van der Waals surface area contributed by atoms with Gasteiger partial charge in [-0.15, -0.1) is 0 Å². The predicted molar refractivity (Wildman–Crippen MR) is 97.5 cm³/mol. The average molecular weight is 311 g/mol. The fourth-order valence-corrected chi connectivity index (χ4v) is 4.09. The number of fused-ring (bicyclic) bond motifs is 1. The van der Waals surface area contributed by atoms with Crippen LogP contribution in [-0.4, -0.2) is 14.9 Å². The van der Waals surface area contributed by atoms with Gasteiger partial charge in [-0.2, -0.15) is 0 Å². The van der Waals surface area contributed by atoms with Crippen LogP contribution in [0, 0.1) is 0 Å². The molecule has 22 heavy (non-hydrogen) atoms. The minimum Gasteiger partial charge on any atom is -0.418 e. The fraction of sp³-hybridized carbons (Fsp3) is 0.400. The molecule has 0 radical (unpaired) electrons. The lowest BCUT2D eigenvalue weighted by molar-refractivity contribution is 0.298. The summed E-state index contributed by atoms with van der Waals surface area (Å²) in [6.45, 7) is 7.68. The van der Waals surface area contributed by atoms with Crippen molar-refractivity contribution < 1.29 is 4.43 Å². The van der Waals surface area contributed by atoms with Gasteiger partial charge in [0.1, 0.15) is 0 Å². The Labute approximate surface area is 135 Å². The smallest absolute Gasteiger partial charge is 0.183 e. The molecule has 1 aromatic carbocycles. The molecule has 0 heterocycles. The molecule has 0 N–H and O–H groups in total. The largest absolute Gasteiger partial charge is 0.418 e. The normalized spacial score (nSPS) is 20.0. The highest BCUT2D eigenvalue weighted by Crippen LogP contribution is 2.43. The second-order valence-electron chi connectivity index (χ2n) is 7.18. The van der Waals surface area contributed by atoms with Gasteiger partial charge >= 0.3 is 0 Å². The summed E-state index contributed by atoms with van der Waals surface area (Å²) < 4.78 is 6.03. The van der Waals surface area contributed by atoms with Gasteiger partial charge < -0.3 is 4.43 Å². The third kappa shape index (κ3) is 3.50. The monoisotopic (exact) mass is 310 g/mol. The molecule has 1 aromatic rings.